The molecule has 0 fully saturated rings. The molecular formula is C28H25Cl2F3N8O5S. The van der Waals surface area contributed by atoms with Gasteiger partial charge in [0.1, 0.15) is 15.1 Å². The number of rotatable bonds is 6. The Labute approximate surface area is 276 Å². The van der Waals surface area contributed by atoms with Crippen LogP contribution in [0.2, 0.25) is 10.2 Å². The van der Waals surface area contributed by atoms with Gasteiger partial charge in [0.2, 0.25) is 16.0 Å². The number of hydrogen-bond donors (Lipinski definition) is 6. The molecule has 0 saturated heterocycles. The summed E-state index contributed by atoms with van der Waals surface area (Å²) in [6, 6.07) is 15.7. The van der Waals surface area contributed by atoms with Gasteiger partial charge in [-0.25, -0.2) is 32.7 Å². The molecule has 5 rings (SSSR count). The number of nitrogens with zero attached hydrogens (tertiary/aromatic N) is 3. The summed E-state index contributed by atoms with van der Waals surface area (Å²) in [4.78, 5) is 34.1. The molecule has 0 unspecified atom stereocenters. The predicted octanol–water partition coefficient (Wildman–Crippen LogP) is 5.50. The van der Waals surface area contributed by atoms with E-state index >= 15 is 0 Å². The molecule has 47 heavy (non-hydrogen) atoms. The summed E-state index contributed by atoms with van der Waals surface area (Å²) < 4.78 is 58.9. The van der Waals surface area contributed by atoms with Gasteiger partial charge in [-0.05, 0) is 66.4 Å². The van der Waals surface area contributed by atoms with Crippen LogP contribution < -0.4 is 26.0 Å². The number of carboxylic acids is 1. The highest BCUT2D eigenvalue weighted by atomic mass is 35.5. The highest BCUT2D eigenvalue weighted by Gasteiger charge is 2.38. The molecule has 2 aromatic carbocycles. The number of pyridine rings is 1. The van der Waals surface area contributed by atoms with E-state index in [9.17, 15) is 26.4 Å². The van der Waals surface area contributed by atoms with Crippen molar-refractivity contribution in [2.45, 2.75) is 23.9 Å². The van der Waals surface area contributed by atoms with Crippen LogP contribution in [0, 0.1) is 0 Å². The molecule has 13 nitrogen and oxygen atoms in total. The number of sulfonamides is 1. The molecule has 2 amide bonds. The molecule has 6 N–H and O–H groups in total. The van der Waals surface area contributed by atoms with E-state index < -0.39 is 28.2 Å². The average Bonchev–Trinajstić information content (AvgIpc) is 3.01. The largest absolute Gasteiger partial charge is 0.490 e. The maximum Gasteiger partial charge on any atom is 0.490 e. The van der Waals surface area contributed by atoms with Gasteiger partial charge in [0.15, 0.2) is 5.82 Å². The van der Waals surface area contributed by atoms with E-state index in [2.05, 4.69) is 40.9 Å². The Kier molecular flexibility index (Phi) is 11.4. The van der Waals surface area contributed by atoms with Gasteiger partial charge in [0.25, 0.3) is 0 Å². The molecule has 0 atom stereocenters. The zero-order chi connectivity index (χ0) is 34.2. The molecular weight excluding hydrogens is 688 g/mol. The van der Waals surface area contributed by atoms with Crippen molar-refractivity contribution in [3.63, 3.8) is 0 Å². The average molecular weight is 714 g/mol. The third-order valence-corrected chi connectivity index (χ3v) is 8.13. The number of halogens is 5. The van der Waals surface area contributed by atoms with E-state index in [0.29, 0.717) is 28.9 Å². The number of aliphatic carboxylic acids is 1. The number of nitrogens with one attached hydrogen (secondary N) is 5. The number of amides is 2. The highest BCUT2D eigenvalue weighted by molar-refractivity contribution is 7.89. The lowest BCUT2D eigenvalue weighted by molar-refractivity contribution is -0.192. The minimum absolute atomic E-state index is 0.0137. The topological polar surface area (TPSA) is 187 Å². The molecule has 19 heteroatoms. The summed E-state index contributed by atoms with van der Waals surface area (Å²) in [7, 11) is -3.78. The van der Waals surface area contributed by atoms with Crippen molar-refractivity contribution in [1.29, 1.82) is 0 Å². The van der Waals surface area contributed by atoms with Crippen LogP contribution in [0.15, 0.2) is 71.9 Å². The second-order valence-electron chi connectivity index (χ2n) is 9.61. The number of alkyl halides is 3. The van der Waals surface area contributed by atoms with Crippen LogP contribution in [0.3, 0.4) is 0 Å². The van der Waals surface area contributed by atoms with E-state index in [1.165, 1.54) is 24.5 Å². The first-order valence-electron chi connectivity index (χ1n) is 13.4. The normalized spacial score (nSPS) is 12.4. The van der Waals surface area contributed by atoms with Crippen molar-refractivity contribution in [2.24, 2.45) is 0 Å². The van der Waals surface area contributed by atoms with Crippen LogP contribution in [0.4, 0.5) is 46.8 Å². The number of benzene rings is 2. The lowest BCUT2D eigenvalue weighted by atomic mass is 10.0. The smallest absolute Gasteiger partial charge is 0.475 e. The Bertz CT molecular complexity index is 1870. The van der Waals surface area contributed by atoms with Crippen molar-refractivity contribution in [3.8, 4) is 0 Å². The fraction of sp³-hybridized carbons (Fsp3) is 0.179. The molecule has 4 aromatic rings. The van der Waals surface area contributed by atoms with Crippen molar-refractivity contribution in [3.05, 3.63) is 88.3 Å². The molecule has 0 aliphatic carbocycles. The summed E-state index contributed by atoms with van der Waals surface area (Å²) in [5.41, 5.74) is 4.19. The van der Waals surface area contributed by atoms with Gasteiger partial charge in [0, 0.05) is 36.3 Å². The van der Waals surface area contributed by atoms with Crippen molar-refractivity contribution in [1.82, 2.24) is 25.0 Å². The maximum absolute atomic E-state index is 12.7. The molecule has 0 spiro atoms. The Morgan fingerprint density at radius 3 is 2.38 bits per heavy atom. The standard InChI is InChI=1S/C26H24Cl2N8O3S.C2HF3O2/c27-21-15-31-25-34-18-3-1-2-16(12-18)4-5-17-13-19(33-24(21)36-25)6-8-22(17)35-26(37)29-10-11-32-40(38,39)20-7-9-23(28)30-14-20;3-2(4,5)1(6)7/h1-3,6-9,12-15,32H,4-5,10-11H2,(H2,29,35,37)(H2,31,33,34,36);(H,6,7). The van der Waals surface area contributed by atoms with Crippen LogP contribution in [0.25, 0.3) is 0 Å². The molecule has 2 aromatic heterocycles. The summed E-state index contributed by atoms with van der Waals surface area (Å²) in [5.74, 6) is -1.91. The van der Waals surface area contributed by atoms with Crippen LogP contribution in [0.1, 0.15) is 11.1 Å². The van der Waals surface area contributed by atoms with Gasteiger partial charge in [-0.15, -0.1) is 0 Å². The zero-order valence-corrected chi connectivity index (χ0v) is 26.2. The second-order valence-corrected chi connectivity index (χ2v) is 12.2. The number of hydrogen-bond acceptors (Lipinski definition) is 9. The van der Waals surface area contributed by atoms with Crippen LogP contribution in [-0.4, -0.2) is 59.7 Å². The van der Waals surface area contributed by atoms with E-state index in [1.807, 2.05) is 30.3 Å². The van der Waals surface area contributed by atoms with Gasteiger partial charge < -0.3 is 26.4 Å². The van der Waals surface area contributed by atoms with Crippen LogP contribution in [0.5, 0.6) is 0 Å². The number of urea groups is 1. The lowest BCUT2D eigenvalue weighted by Crippen LogP contribution is -2.37. The second kappa shape index (κ2) is 15.3. The molecule has 0 saturated carbocycles. The van der Waals surface area contributed by atoms with Crippen molar-refractivity contribution < 1.29 is 36.3 Å². The number of carbonyl (C=O) groups is 2. The monoisotopic (exact) mass is 712 g/mol. The first-order valence-corrected chi connectivity index (χ1v) is 15.7. The lowest BCUT2D eigenvalue weighted by Gasteiger charge is -2.15. The van der Waals surface area contributed by atoms with Gasteiger partial charge in [-0.1, -0.05) is 35.3 Å². The molecule has 3 heterocycles. The summed E-state index contributed by atoms with van der Waals surface area (Å²) in [6.07, 6.45) is -1.04. The molecule has 0 radical (unpaired) electrons. The van der Waals surface area contributed by atoms with E-state index in [4.69, 9.17) is 33.1 Å². The van der Waals surface area contributed by atoms with Gasteiger partial charge in [-0.2, -0.15) is 18.2 Å². The SMILES string of the molecule is O=C(NCCNS(=O)(=O)c1ccc(Cl)nc1)Nc1ccc2cc1CCc1cccc(c1)Nc1ncc(Cl)c(n1)N2.O=C(O)C(F)(F)F. The summed E-state index contributed by atoms with van der Waals surface area (Å²) in [5, 5.41) is 19.6. The van der Waals surface area contributed by atoms with E-state index in [0.717, 1.165) is 28.9 Å². The summed E-state index contributed by atoms with van der Waals surface area (Å²) in [6.45, 7) is 0.0511. The Morgan fingerprint density at radius 2 is 1.68 bits per heavy atom. The van der Waals surface area contributed by atoms with E-state index in [1.54, 1.807) is 12.1 Å². The Hall–Kier alpha value is -4.71. The minimum Gasteiger partial charge on any atom is -0.475 e. The van der Waals surface area contributed by atoms with Gasteiger partial charge in [0.05, 0.1) is 6.20 Å². The van der Waals surface area contributed by atoms with Crippen molar-refractivity contribution in [2.75, 3.05) is 29.0 Å². The van der Waals surface area contributed by atoms with Gasteiger partial charge >= 0.3 is 18.2 Å². The molecule has 248 valence electrons. The fourth-order valence-corrected chi connectivity index (χ4v) is 5.22. The number of carbonyl (C=O) groups excluding carboxylic acids is 1. The zero-order valence-electron chi connectivity index (χ0n) is 23.9. The Morgan fingerprint density at radius 1 is 0.936 bits per heavy atom. The predicted molar refractivity (Wildman–Crippen MR) is 169 cm³/mol. The first-order chi connectivity index (χ1) is 22.2. The Balaban J connectivity index is 0.000000644. The molecule has 1 aliphatic heterocycles. The van der Waals surface area contributed by atoms with E-state index in [-0.39, 0.29) is 23.1 Å². The third kappa shape index (κ3) is 10.4. The van der Waals surface area contributed by atoms with Gasteiger partial charge in [-0.3, -0.25) is 0 Å². The number of aryl methyl sites for hydroxylation is 2. The number of aromatic nitrogens is 3. The van der Waals surface area contributed by atoms with Crippen molar-refractivity contribution >= 4 is 74.1 Å². The first kappa shape index (κ1) is 35.1. The highest BCUT2D eigenvalue weighted by Crippen LogP contribution is 2.29. The maximum atomic E-state index is 12.7. The number of fused-ring (bicyclic) bond motifs is 6. The van der Waals surface area contributed by atoms with Crippen LogP contribution >= 0.6 is 23.2 Å². The minimum atomic E-state index is -5.08. The third-order valence-electron chi connectivity index (χ3n) is 6.18. The quantitative estimate of drug-likeness (QED) is 0.110. The van der Waals surface area contributed by atoms with Crippen LogP contribution in [-0.2, 0) is 27.7 Å². The molecule has 1 aliphatic rings. The summed E-state index contributed by atoms with van der Waals surface area (Å²) >= 11 is 12.0. The number of carboxylic acid groups (broad SMARTS) is 1. The number of anilines is 5. The fourth-order valence-electron chi connectivity index (χ4n) is 4.00. The molecule has 6 bridgehead atoms.